The lowest BCUT2D eigenvalue weighted by atomic mass is 9.90. The first-order valence-corrected chi connectivity index (χ1v) is 10.4. The van der Waals surface area contributed by atoms with Crippen LogP contribution in [-0.2, 0) is 9.59 Å². The van der Waals surface area contributed by atoms with Crippen LogP contribution in [0.25, 0.3) is 0 Å². The molecule has 2 aliphatic heterocycles. The first-order chi connectivity index (χ1) is 13.0. The van der Waals surface area contributed by atoms with Crippen LogP contribution in [0.3, 0.4) is 0 Å². The number of fused-ring (bicyclic) bond motifs is 1. The van der Waals surface area contributed by atoms with Crippen LogP contribution in [0, 0.1) is 5.92 Å². The van der Waals surface area contributed by atoms with Crippen molar-refractivity contribution in [1.29, 1.82) is 0 Å². The summed E-state index contributed by atoms with van der Waals surface area (Å²) in [5.41, 5.74) is 0.545. The number of amides is 2. The maximum absolute atomic E-state index is 12.3. The number of hydrogen-bond donors (Lipinski definition) is 3. The van der Waals surface area contributed by atoms with Gasteiger partial charge in [0.2, 0.25) is 5.91 Å². The van der Waals surface area contributed by atoms with E-state index in [9.17, 15) is 24.6 Å². The van der Waals surface area contributed by atoms with Crippen LogP contribution in [0.1, 0.15) is 23.7 Å². The number of aliphatic carboxylic acids is 1. The minimum atomic E-state index is -1.15. The number of nitrogens with zero attached hydrogens (tertiary/aromatic N) is 1. The fraction of sp³-hybridized carbons (Fsp3) is 0.389. The second-order valence-corrected chi connectivity index (χ2v) is 8.62. The molecule has 3 N–H and O–H groups in total. The maximum atomic E-state index is 12.3. The number of aliphatic hydroxyl groups excluding tert-OH is 1. The normalized spacial score (nSPS) is 22.3. The molecule has 3 atom stereocenters. The van der Waals surface area contributed by atoms with E-state index < -0.39 is 18.0 Å². The van der Waals surface area contributed by atoms with Gasteiger partial charge in [0, 0.05) is 17.9 Å². The van der Waals surface area contributed by atoms with E-state index in [1.54, 1.807) is 31.2 Å². The minimum Gasteiger partial charge on any atom is -0.477 e. The van der Waals surface area contributed by atoms with E-state index in [1.807, 2.05) is 6.07 Å². The topological polar surface area (TPSA) is 107 Å². The molecule has 1 aromatic rings. The Morgan fingerprint density at radius 3 is 2.67 bits per heavy atom. The van der Waals surface area contributed by atoms with E-state index in [2.05, 4.69) is 5.32 Å². The third kappa shape index (κ3) is 3.85. The van der Waals surface area contributed by atoms with Crippen molar-refractivity contribution in [3.05, 3.63) is 45.8 Å². The Bertz CT molecular complexity index is 783. The molecule has 1 saturated heterocycles. The number of carboxylic acid groups (broad SMARTS) is 1. The zero-order valence-electron chi connectivity index (χ0n) is 14.6. The number of β-lactam (4-membered cyclic amide) rings is 1. The highest BCUT2D eigenvalue weighted by Crippen LogP contribution is 2.53. The van der Waals surface area contributed by atoms with Gasteiger partial charge in [-0.1, -0.05) is 36.9 Å². The maximum Gasteiger partial charge on any atom is 0.354 e. The Labute approximate surface area is 165 Å². The highest BCUT2D eigenvalue weighted by atomic mass is 32.2. The Morgan fingerprint density at radius 1 is 1.33 bits per heavy atom. The lowest BCUT2D eigenvalue weighted by molar-refractivity contribution is -0.157. The molecule has 144 valence electrons. The predicted octanol–water partition coefficient (Wildman–Crippen LogP) is 1.71. The summed E-state index contributed by atoms with van der Waals surface area (Å²) in [5.74, 6) is -1.77. The first-order valence-electron chi connectivity index (χ1n) is 8.57. The Kier molecular flexibility index (Phi) is 6.13. The van der Waals surface area contributed by atoms with Crippen molar-refractivity contribution in [2.75, 3.05) is 12.3 Å². The summed E-state index contributed by atoms with van der Waals surface area (Å²) >= 11 is 2.60. The van der Waals surface area contributed by atoms with Gasteiger partial charge in [0.05, 0.1) is 16.3 Å². The van der Waals surface area contributed by atoms with Crippen LogP contribution in [0.15, 0.2) is 40.3 Å². The van der Waals surface area contributed by atoms with Gasteiger partial charge in [-0.05, 0) is 18.6 Å². The molecular formula is C18H20N2O5S2. The molecule has 0 saturated carbocycles. The van der Waals surface area contributed by atoms with Gasteiger partial charge in [0.15, 0.2) is 5.70 Å². The van der Waals surface area contributed by atoms with E-state index >= 15 is 0 Å². The SMILES string of the molecule is CC[C@H](O)[C@@H]1C(=O)N2C(C(=O)O)=C(SCCNC(=O)c3ccccc3)S[C@H]12. The summed E-state index contributed by atoms with van der Waals surface area (Å²) < 4.78 is 0.542. The number of nitrogens with one attached hydrogen (secondary N) is 1. The van der Waals surface area contributed by atoms with Gasteiger partial charge in [-0.25, -0.2) is 4.79 Å². The quantitative estimate of drug-likeness (QED) is 0.444. The number of carbonyl (C=O) groups excluding carboxylic acids is 2. The van der Waals surface area contributed by atoms with E-state index in [4.69, 9.17) is 0 Å². The molecule has 27 heavy (non-hydrogen) atoms. The number of hydrogen-bond acceptors (Lipinski definition) is 6. The van der Waals surface area contributed by atoms with Crippen LogP contribution >= 0.6 is 23.5 Å². The molecule has 0 unspecified atom stereocenters. The third-order valence-corrected chi connectivity index (χ3v) is 7.10. The molecule has 0 radical (unpaired) electrons. The van der Waals surface area contributed by atoms with Gasteiger partial charge in [0.1, 0.15) is 5.37 Å². The molecule has 7 nitrogen and oxygen atoms in total. The van der Waals surface area contributed by atoms with Crippen molar-refractivity contribution < 1.29 is 24.6 Å². The van der Waals surface area contributed by atoms with Gasteiger partial charge >= 0.3 is 5.97 Å². The molecule has 2 aliphatic rings. The zero-order valence-corrected chi connectivity index (χ0v) is 16.3. The van der Waals surface area contributed by atoms with Crippen molar-refractivity contribution in [2.45, 2.75) is 24.8 Å². The van der Waals surface area contributed by atoms with Gasteiger partial charge in [-0.3, -0.25) is 14.5 Å². The summed E-state index contributed by atoms with van der Waals surface area (Å²) in [4.78, 5) is 37.2. The molecule has 2 heterocycles. The number of thioether (sulfide) groups is 2. The highest BCUT2D eigenvalue weighted by Gasteiger charge is 2.58. The van der Waals surface area contributed by atoms with Gasteiger partial charge in [0.25, 0.3) is 5.91 Å². The minimum absolute atomic E-state index is 0.0195. The zero-order chi connectivity index (χ0) is 19.6. The fourth-order valence-electron chi connectivity index (χ4n) is 3.01. The van der Waals surface area contributed by atoms with Gasteiger partial charge in [-0.15, -0.1) is 11.8 Å². The summed E-state index contributed by atoms with van der Waals surface area (Å²) in [6.07, 6.45) is -0.326. The van der Waals surface area contributed by atoms with E-state index in [0.717, 1.165) is 0 Å². The molecule has 1 fully saturated rings. The third-order valence-electron chi connectivity index (χ3n) is 4.44. The highest BCUT2D eigenvalue weighted by molar-refractivity contribution is 8.22. The average Bonchev–Trinajstić information content (AvgIpc) is 3.00. The molecule has 0 aliphatic carbocycles. The van der Waals surface area contributed by atoms with Crippen LogP contribution in [0.2, 0.25) is 0 Å². The molecule has 0 aromatic heterocycles. The number of carbonyl (C=O) groups is 3. The fourth-order valence-corrected chi connectivity index (χ4v) is 5.82. The lowest BCUT2D eigenvalue weighted by Crippen LogP contribution is -2.61. The van der Waals surface area contributed by atoms with Gasteiger partial charge < -0.3 is 15.5 Å². The number of aliphatic hydroxyl groups is 1. The van der Waals surface area contributed by atoms with Crippen molar-refractivity contribution in [2.24, 2.45) is 5.92 Å². The van der Waals surface area contributed by atoms with Crippen LogP contribution < -0.4 is 5.32 Å². The average molecular weight is 409 g/mol. The van der Waals surface area contributed by atoms with Crippen LogP contribution in [0.4, 0.5) is 0 Å². The monoisotopic (exact) mass is 408 g/mol. The Morgan fingerprint density at radius 2 is 2.04 bits per heavy atom. The number of carboxylic acids is 1. The van der Waals surface area contributed by atoms with E-state index in [1.165, 1.54) is 28.4 Å². The summed E-state index contributed by atoms with van der Waals surface area (Å²) in [6, 6.07) is 8.83. The molecule has 3 rings (SSSR count). The Balaban J connectivity index is 1.57. The standard InChI is InChI=1S/C18H20N2O5S2/c1-2-11(21)12-15(23)20-13(17(24)25)18(27-16(12)20)26-9-8-19-14(22)10-6-4-3-5-7-10/h3-7,11-12,16,21H,2,8-9H2,1H3,(H,19,22)(H,24,25)/t11-,12+,16+/m0/s1. The van der Waals surface area contributed by atoms with E-state index in [0.29, 0.717) is 28.5 Å². The van der Waals surface area contributed by atoms with Crippen LogP contribution in [-0.4, -0.2) is 56.7 Å². The molecular weight excluding hydrogens is 388 g/mol. The molecule has 2 amide bonds. The van der Waals surface area contributed by atoms with E-state index in [-0.39, 0.29) is 22.9 Å². The Hall–Kier alpha value is -1.97. The summed E-state index contributed by atoms with van der Waals surface area (Å²) in [7, 11) is 0. The lowest BCUT2D eigenvalue weighted by Gasteiger charge is -2.44. The molecule has 1 aromatic carbocycles. The largest absolute Gasteiger partial charge is 0.477 e. The number of rotatable bonds is 8. The van der Waals surface area contributed by atoms with Crippen molar-refractivity contribution in [3.8, 4) is 0 Å². The second kappa shape index (κ2) is 8.37. The molecule has 9 heteroatoms. The first kappa shape index (κ1) is 19.8. The molecule has 0 spiro atoms. The molecule has 0 bridgehead atoms. The van der Waals surface area contributed by atoms with Crippen molar-refractivity contribution in [3.63, 3.8) is 0 Å². The van der Waals surface area contributed by atoms with Crippen LogP contribution in [0.5, 0.6) is 0 Å². The second-order valence-electron chi connectivity index (χ2n) is 6.13. The predicted molar refractivity (Wildman–Crippen MR) is 104 cm³/mol. The van der Waals surface area contributed by atoms with Crippen molar-refractivity contribution in [1.82, 2.24) is 10.2 Å². The summed E-state index contributed by atoms with van der Waals surface area (Å²) in [5, 5.41) is 21.9. The van der Waals surface area contributed by atoms with Crippen molar-refractivity contribution >= 4 is 41.3 Å². The smallest absolute Gasteiger partial charge is 0.354 e. The number of benzene rings is 1. The summed E-state index contributed by atoms with van der Waals surface area (Å²) in [6.45, 7) is 2.16. The van der Waals surface area contributed by atoms with Gasteiger partial charge in [-0.2, -0.15) is 0 Å².